The van der Waals surface area contributed by atoms with Gasteiger partial charge >= 0.3 is 0 Å². The van der Waals surface area contributed by atoms with Crippen molar-refractivity contribution >= 4 is 17.4 Å². The Hall–Kier alpha value is -1.68. The van der Waals surface area contributed by atoms with Crippen LogP contribution in [-0.4, -0.2) is 7.11 Å². The van der Waals surface area contributed by atoms with Gasteiger partial charge in [0, 0.05) is 15.5 Å². The summed E-state index contributed by atoms with van der Waals surface area (Å²) in [5.74, 6) is 0.536. The molecule has 2 aromatic carbocycles. The summed E-state index contributed by atoms with van der Waals surface area (Å²) in [6.07, 6.45) is 0. The van der Waals surface area contributed by atoms with Crippen molar-refractivity contribution in [2.75, 3.05) is 12.8 Å². The molecule has 0 aromatic heterocycles. The van der Waals surface area contributed by atoms with Gasteiger partial charge in [-0.05, 0) is 48.9 Å². The summed E-state index contributed by atoms with van der Waals surface area (Å²) in [7, 11) is 1.63. The average molecular weight is 263 g/mol. The van der Waals surface area contributed by atoms with E-state index in [1.54, 1.807) is 20.1 Å². The lowest BCUT2D eigenvalue weighted by Crippen LogP contribution is -1.92. The van der Waals surface area contributed by atoms with Crippen LogP contribution in [0.3, 0.4) is 0 Å². The molecule has 0 unspecified atom stereocenters. The maximum Gasteiger partial charge on any atom is 0.128 e. The molecule has 0 aliphatic carbocycles. The maximum absolute atomic E-state index is 13.3. The number of ether oxygens (including phenoxy) is 1. The van der Waals surface area contributed by atoms with Gasteiger partial charge < -0.3 is 10.5 Å². The second-order valence-corrected chi connectivity index (χ2v) is 5.03. The third-order valence-electron chi connectivity index (χ3n) is 2.58. The molecule has 0 saturated heterocycles. The number of anilines is 1. The molecular weight excluding hydrogens is 249 g/mol. The number of nitrogens with two attached hydrogens (primary N) is 1. The predicted octanol–water partition coefficient (Wildman–Crippen LogP) is 3.88. The minimum atomic E-state index is -0.272. The van der Waals surface area contributed by atoms with Gasteiger partial charge in [-0.15, -0.1) is 0 Å². The highest BCUT2D eigenvalue weighted by molar-refractivity contribution is 7.99. The lowest BCUT2D eigenvalue weighted by atomic mass is 10.2. The fourth-order valence-corrected chi connectivity index (χ4v) is 2.47. The van der Waals surface area contributed by atoms with Gasteiger partial charge in [-0.2, -0.15) is 0 Å². The number of halogens is 1. The number of benzene rings is 2. The molecule has 2 aromatic rings. The normalized spacial score (nSPS) is 10.4. The fraction of sp³-hybridized carbons (Fsp3) is 0.143. The number of rotatable bonds is 3. The molecule has 0 aliphatic rings. The number of hydrogen-bond acceptors (Lipinski definition) is 3. The SMILES string of the molecule is COc1ccc(Sc2cc(C)c(F)cc2N)cc1. The molecule has 0 radical (unpaired) electrons. The third kappa shape index (κ3) is 2.76. The summed E-state index contributed by atoms with van der Waals surface area (Å²) in [5.41, 5.74) is 6.86. The Labute approximate surface area is 110 Å². The van der Waals surface area contributed by atoms with E-state index in [0.29, 0.717) is 11.3 Å². The van der Waals surface area contributed by atoms with E-state index in [0.717, 1.165) is 15.5 Å². The monoisotopic (exact) mass is 263 g/mol. The first-order valence-corrected chi connectivity index (χ1v) is 6.29. The van der Waals surface area contributed by atoms with Crippen LogP contribution in [0.2, 0.25) is 0 Å². The van der Waals surface area contributed by atoms with Crippen LogP contribution in [0.15, 0.2) is 46.2 Å². The Morgan fingerprint density at radius 1 is 1.17 bits per heavy atom. The van der Waals surface area contributed by atoms with Crippen LogP contribution in [0.25, 0.3) is 0 Å². The standard InChI is InChI=1S/C14H14FNOS/c1-9-7-14(13(16)8-12(9)15)18-11-5-3-10(17-2)4-6-11/h3-8H,16H2,1-2H3. The van der Waals surface area contributed by atoms with E-state index in [4.69, 9.17) is 10.5 Å². The Kier molecular flexibility index (Phi) is 3.77. The van der Waals surface area contributed by atoms with E-state index in [2.05, 4.69) is 0 Å². The van der Waals surface area contributed by atoms with Gasteiger partial charge in [0.05, 0.1) is 7.11 Å². The van der Waals surface area contributed by atoms with Crippen molar-refractivity contribution in [2.24, 2.45) is 0 Å². The molecule has 18 heavy (non-hydrogen) atoms. The first kappa shape index (κ1) is 12.8. The predicted molar refractivity (Wildman–Crippen MR) is 72.7 cm³/mol. The summed E-state index contributed by atoms with van der Waals surface area (Å²) in [4.78, 5) is 1.90. The Morgan fingerprint density at radius 3 is 2.44 bits per heavy atom. The number of aryl methyl sites for hydroxylation is 1. The van der Waals surface area contributed by atoms with Gasteiger partial charge in [-0.3, -0.25) is 0 Å². The van der Waals surface area contributed by atoms with Crippen molar-refractivity contribution in [1.82, 2.24) is 0 Å². The molecule has 2 nitrogen and oxygen atoms in total. The quantitative estimate of drug-likeness (QED) is 0.854. The van der Waals surface area contributed by atoms with E-state index < -0.39 is 0 Å². The molecule has 0 bridgehead atoms. The molecule has 0 aliphatic heterocycles. The maximum atomic E-state index is 13.3. The Balaban J connectivity index is 2.25. The van der Waals surface area contributed by atoms with E-state index in [-0.39, 0.29) is 5.82 Å². The zero-order chi connectivity index (χ0) is 13.1. The van der Waals surface area contributed by atoms with Crippen molar-refractivity contribution < 1.29 is 9.13 Å². The minimum Gasteiger partial charge on any atom is -0.497 e. The molecule has 0 saturated carbocycles. The highest BCUT2D eigenvalue weighted by atomic mass is 32.2. The molecule has 4 heteroatoms. The summed E-state index contributed by atoms with van der Waals surface area (Å²) >= 11 is 1.51. The number of methoxy groups -OCH3 is 1. The topological polar surface area (TPSA) is 35.2 Å². The molecule has 0 spiro atoms. The van der Waals surface area contributed by atoms with E-state index in [1.807, 2.05) is 24.3 Å². The van der Waals surface area contributed by atoms with Crippen LogP contribution < -0.4 is 10.5 Å². The van der Waals surface area contributed by atoms with Gasteiger partial charge in [-0.25, -0.2) is 4.39 Å². The van der Waals surface area contributed by atoms with Crippen LogP contribution in [0, 0.1) is 12.7 Å². The van der Waals surface area contributed by atoms with Crippen LogP contribution in [0.4, 0.5) is 10.1 Å². The largest absolute Gasteiger partial charge is 0.497 e. The van der Waals surface area contributed by atoms with Gasteiger partial charge in [0.1, 0.15) is 11.6 Å². The van der Waals surface area contributed by atoms with E-state index >= 15 is 0 Å². The first-order chi connectivity index (χ1) is 8.60. The molecular formula is C14H14FNOS. The average Bonchev–Trinajstić information content (AvgIpc) is 2.37. The summed E-state index contributed by atoms with van der Waals surface area (Å²) in [6.45, 7) is 1.73. The summed E-state index contributed by atoms with van der Waals surface area (Å²) in [6, 6.07) is 10.8. The van der Waals surface area contributed by atoms with Crippen molar-refractivity contribution in [3.63, 3.8) is 0 Å². The molecule has 0 atom stereocenters. The molecule has 0 amide bonds. The molecule has 0 fully saturated rings. The lowest BCUT2D eigenvalue weighted by Gasteiger charge is -2.08. The van der Waals surface area contributed by atoms with Crippen LogP contribution in [-0.2, 0) is 0 Å². The van der Waals surface area contributed by atoms with E-state index in [9.17, 15) is 4.39 Å². The minimum absolute atomic E-state index is 0.272. The summed E-state index contributed by atoms with van der Waals surface area (Å²) in [5, 5.41) is 0. The Bertz CT molecular complexity index is 554. The van der Waals surface area contributed by atoms with Gasteiger partial charge in [0.15, 0.2) is 0 Å². The van der Waals surface area contributed by atoms with Crippen molar-refractivity contribution in [1.29, 1.82) is 0 Å². The van der Waals surface area contributed by atoms with Crippen molar-refractivity contribution in [3.05, 3.63) is 47.8 Å². The third-order valence-corrected chi connectivity index (χ3v) is 3.66. The first-order valence-electron chi connectivity index (χ1n) is 5.47. The lowest BCUT2D eigenvalue weighted by molar-refractivity contribution is 0.414. The molecule has 2 rings (SSSR count). The van der Waals surface area contributed by atoms with Crippen molar-refractivity contribution in [3.8, 4) is 5.75 Å². The Morgan fingerprint density at radius 2 is 1.83 bits per heavy atom. The highest BCUT2D eigenvalue weighted by Gasteiger charge is 2.06. The van der Waals surface area contributed by atoms with Crippen LogP contribution in [0.1, 0.15) is 5.56 Å². The number of nitrogen functional groups attached to an aromatic ring is 1. The second-order valence-electron chi connectivity index (χ2n) is 3.92. The highest BCUT2D eigenvalue weighted by Crippen LogP contribution is 2.34. The second kappa shape index (κ2) is 5.31. The zero-order valence-corrected chi connectivity index (χ0v) is 11.1. The zero-order valence-electron chi connectivity index (χ0n) is 10.2. The van der Waals surface area contributed by atoms with Gasteiger partial charge in [-0.1, -0.05) is 11.8 Å². The van der Waals surface area contributed by atoms with Gasteiger partial charge in [0.25, 0.3) is 0 Å². The smallest absolute Gasteiger partial charge is 0.128 e. The molecule has 2 N–H and O–H groups in total. The van der Waals surface area contributed by atoms with Crippen LogP contribution >= 0.6 is 11.8 Å². The van der Waals surface area contributed by atoms with E-state index in [1.165, 1.54) is 17.8 Å². The molecule has 0 heterocycles. The fourth-order valence-electron chi connectivity index (χ4n) is 1.53. The number of hydrogen-bond donors (Lipinski definition) is 1. The molecule has 94 valence electrons. The van der Waals surface area contributed by atoms with Crippen LogP contribution in [0.5, 0.6) is 5.75 Å². The van der Waals surface area contributed by atoms with Crippen molar-refractivity contribution in [2.45, 2.75) is 16.7 Å². The van der Waals surface area contributed by atoms with Gasteiger partial charge in [0.2, 0.25) is 0 Å². The summed E-state index contributed by atoms with van der Waals surface area (Å²) < 4.78 is 18.4.